The molecule has 0 aromatic rings. The maximum Gasteiger partial charge on any atom is 0.405 e. The Morgan fingerprint density at radius 3 is 2.82 bits per heavy atom. The van der Waals surface area contributed by atoms with E-state index in [9.17, 15) is 18.0 Å². The molecule has 0 aromatic heterocycles. The van der Waals surface area contributed by atoms with Crippen molar-refractivity contribution in [1.82, 2.24) is 15.5 Å². The zero-order chi connectivity index (χ0) is 12.6. The first kappa shape index (κ1) is 12.5. The first-order chi connectivity index (χ1) is 7.88. The molecule has 2 fully saturated rings. The van der Waals surface area contributed by atoms with Gasteiger partial charge in [0, 0.05) is 19.1 Å². The minimum atomic E-state index is -4.36. The highest BCUT2D eigenvalue weighted by Crippen LogP contribution is 2.32. The minimum absolute atomic E-state index is 0.0142. The van der Waals surface area contributed by atoms with Crippen LogP contribution in [0.15, 0.2) is 0 Å². The Hall–Kier alpha value is -0.980. The Balaban J connectivity index is 1.94. The zero-order valence-electron chi connectivity index (χ0n) is 9.55. The van der Waals surface area contributed by atoms with Gasteiger partial charge in [0.2, 0.25) is 0 Å². The van der Waals surface area contributed by atoms with Gasteiger partial charge in [-0.25, -0.2) is 4.79 Å². The van der Waals surface area contributed by atoms with Crippen LogP contribution in [0.4, 0.5) is 18.0 Å². The maximum atomic E-state index is 12.0. The van der Waals surface area contributed by atoms with Crippen molar-refractivity contribution in [2.45, 2.75) is 31.6 Å². The lowest BCUT2D eigenvalue weighted by Gasteiger charge is -2.28. The standard InChI is InChI=1S/C10H16F3N3O/c1-6-2-7-3-14-4-8(7)16(6)9(17)15-5-10(11,12)13/h6-8,14H,2-5H2,1H3,(H,15,17). The predicted octanol–water partition coefficient (Wildman–Crippen LogP) is 0.941. The van der Waals surface area contributed by atoms with Crippen molar-refractivity contribution in [2.24, 2.45) is 5.92 Å². The molecule has 2 aliphatic rings. The summed E-state index contributed by atoms with van der Waals surface area (Å²) in [5.74, 6) is 0.377. The van der Waals surface area contributed by atoms with Crippen molar-refractivity contribution in [1.29, 1.82) is 0 Å². The molecule has 17 heavy (non-hydrogen) atoms. The fraction of sp³-hybridized carbons (Fsp3) is 0.900. The number of hydrogen-bond donors (Lipinski definition) is 2. The summed E-state index contributed by atoms with van der Waals surface area (Å²) in [6.45, 7) is 2.14. The molecular formula is C10H16F3N3O. The largest absolute Gasteiger partial charge is 0.405 e. The Morgan fingerprint density at radius 2 is 2.18 bits per heavy atom. The smallest absolute Gasteiger partial charge is 0.329 e. The Morgan fingerprint density at radius 1 is 1.47 bits per heavy atom. The lowest BCUT2D eigenvalue weighted by molar-refractivity contribution is -0.123. The third-order valence-corrected chi connectivity index (χ3v) is 3.45. The lowest BCUT2D eigenvalue weighted by atomic mass is 10.0. The van der Waals surface area contributed by atoms with Crippen LogP contribution < -0.4 is 10.6 Å². The average molecular weight is 251 g/mol. The fourth-order valence-electron chi connectivity index (χ4n) is 2.78. The molecule has 98 valence electrons. The van der Waals surface area contributed by atoms with Crippen molar-refractivity contribution >= 4 is 6.03 Å². The summed E-state index contributed by atoms with van der Waals surface area (Å²) >= 11 is 0. The molecule has 0 aromatic carbocycles. The number of carbonyl (C=O) groups is 1. The highest BCUT2D eigenvalue weighted by atomic mass is 19.4. The van der Waals surface area contributed by atoms with Crippen LogP contribution in [0.25, 0.3) is 0 Å². The molecule has 2 heterocycles. The van der Waals surface area contributed by atoms with Crippen molar-refractivity contribution in [3.05, 3.63) is 0 Å². The summed E-state index contributed by atoms with van der Waals surface area (Å²) in [5, 5.41) is 5.10. The Kier molecular flexibility index (Phi) is 3.20. The summed E-state index contributed by atoms with van der Waals surface area (Å²) in [6.07, 6.45) is -3.50. The van der Waals surface area contributed by atoms with Gasteiger partial charge in [0.25, 0.3) is 0 Å². The number of likely N-dealkylation sites (tertiary alicyclic amines) is 1. The predicted molar refractivity (Wildman–Crippen MR) is 55.5 cm³/mol. The number of fused-ring (bicyclic) bond motifs is 1. The van der Waals surface area contributed by atoms with Crippen LogP contribution in [0.5, 0.6) is 0 Å². The average Bonchev–Trinajstić information content (AvgIpc) is 2.72. The van der Waals surface area contributed by atoms with Gasteiger partial charge in [-0.2, -0.15) is 13.2 Å². The number of amides is 2. The monoisotopic (exact) mass is 251 g/mol. The van der Waals surface area contributed by atoms with Crippen molar-refractivity contribution in [2.75, 3.05) is 19.6 Å². The first-order valence-electron chi connectivity index (χ1n) is 5.72. The number of rotatable bonds is 1. The molecule has 2 saturated heterocycles. The van der Waals surface area contributed by atoms with E-state index in [1.165, 1.54) is 0 Å². The van der Waals surface area contributed by atoms with Crippen LogP contribution in [0.1, 0.15) is 13.3 Å². The first-order valence-corrected chi connectivity index (χ1v) is 5.72. The number of halogens is 3. The van der Waals surface area contributed by atoms with Crippen LogP contribution >= 0.6 is 0 Å². The molecule has 0 aliphatic carbocycles. The van der Waals surface area contributed by atoms with E-state index in [1.807, 2.05) is 12.2 Å². The third-order valence-electron chi connectivity index (χ3n) is 3.45. The molecule has 0 saturated carbocycles. The summed E-state index contributed by atoms with van der Waals surface area (Å²) in [4.78, 5) is 13.3. The van der Waals surface area contributed by atoms with Crippen LogP contribution in [0.2, 0.25) is 0 Å². The van der Waals surface area contributed by atoms with Gasteiger partial charge in [-0.15, -0.1) is 0 Å². The lowest BCUT2D eigenvalue weighted by Crippen LogP contribution is -2.50. The number of hydrogen-bond acceptors (Lipinski definition) is 2. The van der Waals surface area contributed by atoms with Crippen molar-refractivity contribution < 1.29 is 18.0 Å². The number of nitrogens with zero attached hydrogens (tertiary/aromatic N) is 1. The number of nitrogens with one attached hydrogen (secondary N) is 2. The van der Waals surface area contributed by atoms with Gasteiger partial charge >= 0.3 is 12.2 Å². The molecule has 2 N–H and O–H groups in total. The van der Waals surface area contributed by atoms with Crippen LogP contribution in [-0.4, -0.2) is 48.8 Å². The summed E-state index contributed by atoms with van der Waals surface area (Å²) in [7, 11) is 0. The van der Waals surface area contributed by atoms with Gasteiger partial charge in [-0.1, -0.05) is 0 Å². The van der Waals surface area contributed by atoms with E-state index in [0.717, 1.165) is 13.0 Å². The third kappa shape index (κ3) is 2.65. The molecule has 3 atom stereocenters. The molecule has 2 amide bonds. The molecule has 0 radical (unpaired) electrons. The van der Waals surface area contributed by atoms with Gasteiger partial charge in [0.05, 0.1) is 6.04 Å². The highest BCUT2D eigenvalue weighted by molar-refractivity contribution is 5.75. The quantitative estimate of drug-likeness (QED) is 0.728. The number of alkyl halides is 3. The minimum Gasteiger partial charge on any atom is -0.329 e. The second kappa shape index (κ2) is 4.36. The molecule has 3 unspecified atom stereocenters. The Labute approximate surface area is 97.5 Å². The van der Waals surface area contributed by atoms with E-state index < -0.39 is 18.8 Å². The maximum absolute atomic E-state index is 12.0. The number of urea groups is 1. The molecule has 2 aliphatic heterocycles. The van der Waals surface area contributed by atoms with Gasteiger partial charge in [-0.3, -0.25) is 0 Å². The Bertz CT molecular complexity index is 308. The summed E-state index contributed by atoms with van der Waals surface area (Å²) < 4.78 is 36.1. The van der Waals surface area contributed by atoms with E-state index in [0.29, 0.717) is 12.5 Å². The SMILES string of the molecule is CC1CC2CNCC2N1C(=O)NCC(F)(F)F. The molecular weight excluding hydrogens is 235 g/mol. The van der Waals surface area contributed by atoms with Crippen molar-refractivity contribution in [3.63, 3.8) is 0 Å². The molecule has 2 rings (SSSR count). The molecule has 0 bridgehead atoms. The summed E-state index contributed by atoms with van der Waals surface area (Å²) in [6, 6.07) is -0.551. The van der Waals surface area contributed by atoms with Gasteiger partial charge < -0.3 is 15.5 Å². The zero-order valence-corrected chi connectivity index (χ0v) is 9.55. The van der Waals surface area contributed by atoms with Crippen molar-refractivity contribution in [3.8, 4) is 0 Å². The second-order valence-electron chi connectivity index (χ2n) is 4.75. The summed E-state index contributed by atoms with van der Waals surface area (Å²) in [5.41, 5.74) is 0. The van der Waals surface area contributed by atoms with Gasteiger partial charge in [0.15, 0.2) is 0 Å². The van der Waals surface area contributed by atoms with E-state index in [-0.39, 0.29) is 12.1 Å². The van der Waals surface area contributed by atoms with Crippen LogP contribution in [-0.2, 0) is 0 Å². The van der Waals surface area contributed by atoms with Gasteiger partial charge in [0.1, 0.15) is 6.54 Å². The van der Waals surface area contributed by atoms with E-state index in [1.54, 1.807) is 4.90 Å². The van der Waals surface area contributed by atoms with Crippen LogP contribution in [0, 0.1) is 5.92 Å². The highest BCUT2D eigenvalue weighted by Gasteiger charge is 2.44. The molecule has 0 spiro atoms. The second-order valence-corrected chi connectivity index (χ2v) is 4.75. The van der Waals surface area contributed by atoms with Crippen LogP contribution in [0.3, 0.4) is 0 Å². The number of carbonyl (C=O) groups excluding carboxylic acids is 1. The normalized spacial score (nSPS) is 32.7. The molecule has 7 heteroatoms. The van der Waals surface area contributed by atoms with E-state index in [4.69, 9.17) is 0 Å². The van der Waals surface area contributed by atoms with Gasteiger partial charge in [-0.05, 0) is 19.3 Å². The fourth-order valence-corrected chi connectivity index (χ4v) is 2.78. The van der Waals surface area contributed by atoms with E-state index >= 15 is 0 Å². The topological polar surface area (TPSA) is 44.4 Å². The molecule has 4 nitrogen and oxygen atoms in total. The van der Waals surface area contributed by atoms with E-state index in [2.05, 4.69) is 5.32 Å².